The molecule has 1 aromatic rings. The van der Waals surface area contributed by atoms with Crippen LogP contribution in [-0.4, -0.2) is 31.1 Å². The molecule has 2 aliphatic rings. The number of halogens is 1. The Morgan fingerprint density at radius 3 is 3.00 bits per heavy atom. The van der Waals surface area contributed by atoms with E-state index in [-0.39, 0.29) is 6.04 Å². The fraction of sp³-hybridized carbons (Fsp3) is 0.533. The molecule has 2 aliphatic heterocycles. The summed E-state index contributed by atoms with van der Waals surface area (Å²) < 4.78 is 5.76. The first-order chi connectivity index (χ1) is 9.33. The molecule has 0 radical (unpaired) electrons. The monoisotopic (exact) mass is 278 g/mol. The standard InChI is InChI=1S/C15H19ClN2O/c16-13-6-2-1-5-11(13)9-12-10-19-15(18-12)14-7-3-4-8-17-14/h1-2,5-6,12,14,17H,3-4,7-10H2. The average molecular weight is 279 g/mol. The van der Waals surface area contributed by atoms with E-state index in [0.29, 0.717) is 12.6 Å². The lowest BCUT2D eigenvalue weighted by Crippen LogP contribution is -2.40. The summed E-state index contributed by atoms with van der Waals surface area (Å²) >= 11 is 6.19. The largest absolute Gasteiger partial charge is 0.478 e. The SMILES string of the molecule is Clc1ccccc1CC1COC(C2CCCCN2)=N1. The highest BCUT2D eigenvalue weighted by Gasteiger charge is 2.27. The van der Waals surface area contributed by atoms with Gasteiger partial charge in [-0.05, 0) is 37.4 Å². The lowest BCUT2D eigenvalue weighted by Gasteiger charge is -2.22. The number of nitrogens with zero attached hydrogens (tertiary/aromatic N) is 1. The Hall–Kier alpha value is -1.06. The molecule has 2 unspecified atom stereocenters. The van der Waals surface area contributed by atoms with Crippen molar-refractivity contribution >= 4 is 17.5 Å². The van der Waals surface area contributed by atoms with E-state index in [0.717, 1.165) is 35.9 Å². The van der Waals surface area contributed by atoms with Crippen LogP contribution in [0.15, 0.2) is 29.3 Å². The molecule has 0 bridgehead atoms. The molecule has 1 aromatic carbocycles. The van der Waals surface area contributed by atoms with Crippen LogP contribution in [0.2, 0.25) is 5.02 Å². The predicted molar refractivity (Wildman–Crippen MR) is 78.0 cm³/mol. The first kappa shape index (κ1) is 12.9. The Bertz CT molecular complexity index is 469. The molecule has 1 saturated heterocycles. The van der Waals surface area contributed by atoms with Gasteiger partial charge in [0.1, 0.15) is 6.61 Å². The van der Waals surface area contributed by atoms with Gasteiger partial charge < -0.3 is 10.1 Å². The van der Waals surface area contributed by atoms with Gasteiger partial charge >= 0.3 is 0 Å². The maximum Gasteiger partial charge on any atom is 0.201 e. The summed E-state index contributed by atoms with van der Waals surface area (Å²) in [6.07, 6.45) is 4.51. The van der Waals surface area contributed by atoms with Crippen LogP contribution in [-0.2, 0) is 11.2 Å². The topological polar surface area (TPSA) is 33.6 Å². The van der Waals surface area contributed by atoms with Gasteiger partial charge in [-0.25, -0.2) is 4.99 Å². The number of hydrogen-bond donors (Lipinski definition) is 1. The summed E-state index contributed by atoms with van der Waals surface area (Å²) in [6, 6.07) is 8.50. The zero-order valence-electron chi connectivity index (χ0n) is 10.9. The normalized spacial score (nSPS) is 26.9. The van der Waals surface area contributed by atoms with Crippen molar-refractivity contribution < 1.29 is 4.74 Å². The van der Waals surface area contributed by atoms with Gasteiger partial charge in [0.15, 0.2) is 0 Å². The summed E-state index contributed by atoms with van der Waals surface area (Å²) in [5, 5.41) is 4.30. The zero-order valence-corrected chi connectivity index (χ0v) is 11.7. The summed E-state index contributed by atoms with van der Waals surface area (Å²) in [5.74, 6) is 0.900. The summed E-state index contributed by atoms with van der Waals surface area (Å²) in [5.41, 5.74) is 1.15. The highest BCUT2D eigenvalue weighted by molar-refractivity contribution is 6.31. The van der Waals surface area contributed by atoms with E-state index in [1.807, 2.05) is 18.2 Å². The van der Waals surface area contributed by atoms with Gasteiger partial charge in [-0.3, -0.25) is 0 Å². The molecular formula is C15H19ClN2O. The van der Waals surface area contributed by atoms with Crippen LogP contribution in [0.3, 0.4) is 0 Å². The number of rotatable bonds is 3. The fourth-order valence-electron chi connectivity index (χ4n) is 2.71. The van der Waals surface area contributed by atoms with Crippen LogP contribution in [0.5, 0.6) is 0 Å². The minimum Gasteiger partial charge on any atom is -0.478 e. The molecule has 3 rings (SSSR count). The van der Waals surface area contributed by atoms with Crippen molar-refractivity contribution in [2.24, 2.45) is 4.99 Å². The molecule has 1 fully saturated rings. The summed E-state index contributed by atoms with van der Waals surface area (Å²) in [7, 11) is 0. The summed E-state index contributed by atoms with van der Waals surface area (Å²) in [4.78, 5) is 4.72. The Kier molecular flexibility index (Phi) is 4.04. The van der Waals surface area contributed by atoms with E-state index < -0.39 is 0 Å². The van der Waals surface area contributed by atoms with E-state index >= 15 is 0 Å². The number of hydrogen-bond acceptors (Lipinski definition) is 3. The molecule has 102 valence electrons. The Labute approximate surface area is 119 Å². The van der Waals surface area contributed by atoms with Crippen molar-refractivity contribution in [2.45, 2.75) is 37.8 Å². The van der Waals surface area contributed by atoms with Gasteiger partial charge in [-0.2, -0.15) is 0 Å². The van der Waals surface area contributed by atoms with Crippen molar-refractivity contribution in [1.82, 2.24) is 5.32 Å². The second-order valence-electron chi connectivity index (χ2n) is 5.23. The van der Waals surface area contributed by atoms with Crippen LogP contribution in [0.1, 0.15) is 24.8 Å². The lowest BCUT2D eigenvalue weighted by molar-refractivity contribution is 0.291. The van der Waals surface area contributed by atoms with Crippen LogP contribution < -0.4 is 5.32 Å². The van der Waals surface area contributed by atoms with Crippen molar-refractivity contribution in [3.8, 4) is 0 Å². The van der Waals surface area contributed by atoms with Gasteiger partial charge in [0.2, 0.25) is 5.90 Å². The number of aliphatic imine (C=N–C) groups is 1. The molecule has 4 heteroatoms. The van der Waals surface area contributed by atoms with Crippen LogP contribution in [0.4, 0.5) is 0 Å². The second kappa shape index (κ2) is 5.93. The summed E-state index contributed by atoms with van der Waals surface area (Å²) in [6.45, 7) is 1.75. The Morgan fingerprint density at radius 1 is 1.32 bits per heavy atom. The van der Waals surface area contributed by atoms with Gasteiger partial charge in [-0.1, -0.05) is 36.2 Å². The molecule has 2 atom stereocenters. The molecule has 0 amide bonds. The van der Waals surface area contributed by atoms with Crippen LogP contribution in [0, 0.1) is 0 Å². The predicted octanol–water partition coefficient (Wildman–Crippen LogP) is 2.82. The quantitative estimate of drug-likeness (QED) is 0.922. The van der Waals surface area contributed by atoms with Crippen molar-refractivity contribution in [1.29, 1.82) is 0 Å². The van der Waals surface area contributed by atoms with Gasteiger partial charge in [-0.15, -0.1) is 0 Å². The van der Waals surface area contributed by atoms with Crippen molar-refractivity contribution in [3.05, 3.63) is 34.9 Å². The number of nitrogens with one attached hydrogen (secondary N) is 1. The molecule has 0 aromatic heterocycles. The fourth-order valence-corrected chi connectivity index (χ4v) is 2.92. The van der Waals surface area contributed by atoms with Crippen LogP contribution in [0.25, 0.3) is 0 Å². The van der Waals surface area contributed by atoms with E-state index in [1.54, 1.807) is 0 Å². The van der Waals surface area contributed by atoms with Crippen LogP contribution >= 0.6 is 11.6 Å². The minimum absolute atomic E-state index is 0.207. The Morgan fingerprint density at radius 2 is 2.21 bits per heavy atom. The molecule has 0 spiro atoms. The average Bonchev–Trinajstić information content (AvgIpc) is 2.91. The highest BCUT2D eigenvalue weighted by atomic mass is 35.5. The zero-order chi connectivity index (χ0) is 13.1. The van der Waals surface area contributed by atoms with Crippen molar-refractivity contribution in [3.63, 3.8) is 0 Å². The van der Waals surface area contributed by atoms with Crippen molar-refractivity contribution in [2.75, 3.05) is 13.2 Å². The lowest BCUT2D eigenvalue weighted by atomic mass is 10.0. The van der Waals surface area contributed by atoms with E-state index in [1.165, 1.54) is 12.8 Å². The third kappa shape index (κ3) is 3.10. The molecule has 1 N–H and O–H groups in total. The third-order valence-electron chi connectivity index (χ3n) is 3.76. The molecule has 2 heterocycles. The molecule has 3 nitrogen and oxygen atoms in total. The smallest absolute Gasteiger partial charge is 0.201 e. The van der Waals surface area contributed by atoms with Gasteiger partial charge in [0.25, 0.3) is 0 Å². The number of benzene rings is 1. The maximum absolute atomic E-state index is 6.19. The molecular weight excluding hydrogens is 260 g/mol. The Balaban J connectivity index is 1.64. The first-order valence-electron chi connectivity index (χ1n) is 7.00. The number of ether oxygens (including phenoxy) is 1. The highest BCUT2D eigenvalue weighted by Crippen LogP contribution is 2.21. The van der Waals surface area contributed by atoms with E-state index in [4.69, 9.17) is 21.3 Å². The minimum atomic E-state index is 0.207. The van der Waals surface area contributed by atoms with Gasteiger partial charge in [0, 0.05) is 5.02 Å². The van der Waals surface area contributed by atoms with Gasteiger partial charge in [0.05, 0.1) is 12.1 Å². The van der Waals surface area contributed by atoms with E-state index in [2.05, 4.69) is 11.4 Å². The maximum atomic E-state index is 6.19. The molecule has 0 aliphatic carbocycles. The van der Waals surface area contributed by atoms with E-state index in [9.17, 15) is 0 Å². The molecule has 0 saturated carbocycles. The number of piperidine rings is 1. The second-order valence-corrected chi connectivity index (χ2v) is 5.64. The third-order valence-corrected chi connectivity index (χ3v) is 4.12. The molecule has 19 heavy (non-hydrogen) atoms. The first-order valence-corrected chi connectivity index (χ1v) is 7.38.